The second-order valence-corrected chi connectivity index (χ2v) is 8.35. The lowest BCUT2D eigenvalue weighted by molar-refractivity contribution is -0.140. The molecule has 3 rings (SSSR count). The van der Waals surface area contributed by atoms with Gasteiger partial charge in [0.05, 0.1) is 12.3 Å². The van der Waals surface area contributed by atoms with E-state index in [1.54, 1.807) is 18.2 Å². The highest BCUT2D eigenvalue weighted by Gasteiger charge is 2.22. The fourth-order valence-corrected chi connectivity index (χ4v) is 4.30. The Bertz CT molecular complexity index is 943. The molecule has 1 saturated carbocycles. The van der Waals surface area contributed by atoms with Gasteiger partial charge in [-0.15, -0.1) is 0 Å². The minimum Gasteiger partial charge on any atom is -0.506 e. The molecule has 0 aliphatic heterocycles. The summed E-state index contributed by atoms with van der Waals surface area (Å²) in [7, 11) is 0. The summed E-state index contributed by atoms with van der Waals surface area (Å²) in [5.41, 5.74) is 4.84. The van der Waals surface area contributed by atoms with E-state index >= 15 is 0 Å². The maximum absolute atomic E-state index is 12.4. The van der Waals surface area contributed by atoms with E-state index < -0.39 is 24.5 Å². The van der Waals surface area contributed by atoms with Crippen LogP contribution < -0.4 is 5.32 Å². The Kier molecular flexibility index (Phi) is 7.28. The molecule has 0 bridgehead atoms. The predicted octanol–water partition coefficient (Wildman–Crippen LogP) is 3.22. The van der Waals surface area contributed by atoms with Gasteiger partial charge in [-0.3, -0.25) is 9.78 Å². The first-order chi connectivity index (χ1) is 14.8. The number of carboxylic acids is 1. The standard InChI is InChI=1S/C24H30N2O5/c1-14-10-17(23(29)26-20(13-27)24(30)31)11-15(2)19(14)12-18-8-9-21(28)22(25-18)16-6-4-3-5-7-16/h8-11,16,20,27-28H,3-7,12-13H2,1-2H3,(H,26,29)(H,30,31). The number of benzene rings is 1. The second kappa shape index (κ2) is 9.92. The van der Waals surface area contributed by atoms with E-state index in [2.05, 4.69) is 5.32 Å². The highest BCUT2D eigenvalue weighted by molar-refractivity contribution is 5.97. The molecule has 166 valence electrons. The number of hydrogen-bond acceptors (Lipinski definition) is 5. The Morgan fingerprint density at radius 3 is 2.35 bits per heavy atom. The number of amides is 1. The molecule has 1 aromatic carbocycles. The second-order valence-electron chi connectivity index (χ2n) is 8.35. The molecule has 2 aromatic rings. The molecule has 0 saturated heterocycles. The number of pyridine rings is 1. The summed E-state index contributed by atoms with van der Waals surface area (Å²) in [4.78, 5) is 28.3. The van der Waals surface area contributed by atoms with Crippen LogP contribution in [0.15, 0.2) is 24.3 Å². The highest BCUT2D eigenvalue weighted by Crippen LogP contribution is 2.36. The molecule has 1 aliphatic rings. The topological polar surface area (TPSA) is 120 Å². The van der Waals surface area contributed by atoms with Crippen molar-refractivity contribution in [3.8, 4) is 5.75 Å². The van der Waals surface area contributed by atoms with E-state index in [0.29, 0.717) is 17.9 Å². The molecule has 7 heteroatoms. The SMILES string of the molecule is Cc1cc(C(=O)NC(CO)C(=O)O)cc(C)c1Cc1ccc(O)c(C2CCCCC2)n1. The van der Waals surface area contributed by atoms with Crippen molar-refractivity contribution in [1.29, 1.82) is 0 Å². The number of carbonyl (C=O) groups excluding carboxylic acids is 1. The van der Waals surface area contributed by atoms with Crippen LogP contribution in [0.4, 0.5) is 0 Å². The third kappa shape index (κ3) is 5.41. The number of nitrogens with one attached hydrogen (secondary N) is 1. The van der Waals surface area contributed by atoms with Gasteiger partial charge >= 0.3 is 5.97 Å². The molecular formula is C24H30N2O5. The van der Waals surface area contributed by atoms with Crippen LogP contribution in [0.5, 0.6) is 5.75 Å². The van der Waals surface area contributed by atoms with Crippen LogP contribution in [0.3, 0.4) is 0 Å². The summed E-state index contributed by atoms with van der Waals surface area (Å²) in [5, 5.41) is 30.8. The Hall–Kier alpha value is -2.93. The summed E-state index contributed by atoms with van der Waals surface area (Å²) in [5.74, 6) is -1.27. The molecule has 4 N–H and O–H groups in total. The first-order valence-electron chi connectivity index (χ1n) is 10.7. The molecule has 7 nitrogen and oxygen atoms in total. The summed E-state index contributed by atoms with van der Waals surface area (Å²) in [6.45, 7) is 3.14. The lowest BCUT2D eigenvalue weighted by atomic mass is 9.86. The van der Waals surface area contributed by atoms with E-state index in [-0.39, 0.29) is 5.75 Å². The molecule has 1 aromatic heterocycles. The summed E-state index contributed by atoms with van der Waals surface area (Å²) in [6.07, 6.45) is 6.25. The Balaban J connectivity index is 1.81. The normalized spacial score (nSPS) is 15.5. The van der Waals surface area contributed by atoms with Gasteiger partial charge in [0.15, 0.2) is 6.04 Å². The van der Waals surface area contributed by atoms with Gasteiger partial charge in [-0.2, -0.15) is 0 Å². The minimum absolute atomic E-state index is 0.257. The van der Waals surface area contributed by atoms with Crippen molar-refractivity contribution < 1.29 is 24.9 Å². The van der Waals surface area contributed by atoms with Gasteiger partial charge in [0.2, 0.25) is 0 Å². The Morgan fingerprint density at radius 1 is 1.13 bits per heavy atom. The minimum atomic E-state index is -1.34. The number of aromatic hydroxyl groups is 1. The number of aliphatic hydroxyl groups excluding tert-OH is 1. The summed E-state index contributed by atoms with van der Waals surface area (Å²) in [6, 6.07) is 5.65. The molecule has 31 heavy (non-hydrogen) atoms. The number of aliphatic carboxylic acids is 1. The van der Waals surface area contributed by atoms with E-state index in [4.69, 9.17) is 15.2 Å². The fraction of sp³-hybridized carbons (Fsp3) is 0.458. The van der Waals surface area contributed by atoms with E-state index in [0.717, 1.165) is 53.8 Å². The molecule has 1 aliphatic carbocycles. The van der Waals surface area contributed by atoms with E-state index in [1.807, 2.05) is 19.9 Å². The summed E-state index contributed by atoms with van der Waals surface area (Å²) < 4.78 is 0. The number of carboxylic acid groups (broad SMARTS) is 1. The molecule has 1 atom stereocenters. The van der Waals surface area contributed by atoms with Crippen molar-refractivity contribution in [1.82, 2.24) is 10.3 Å². The van der Waals surface area contributed by atoms with Crippen molar-refractivity contribution in [2.45, 2.75) is 64.3 Å². The third-order valence-corrected chi connectivity index (χ3v) is 6.05. The van der Waals surface area contributed by atoms with Crippen LogP contribution >= 0.6 is 0 Å². The monoisotopic (exact) mass is 426 g/mol. The van der Waals surface area contributed by atoms with Gasteiger partial charge in [0, 0.05) is 23.6 Å². The zero-order valence-electron chi connectivity index (χ0n) is 18.0. The van der Waals surface area contributed by atoms with Crippen molar-refractivity contribution in [2.75, 3.05) is 6.61 Å². The molecule has 1 amide bonds. The van der Waals surface area contributed by atoms with Crippen LogP contribution in [0.2, 0.25) is 0 Å². The number of hydrogen-bond donors (Lipinski definition) is 4. The third-order valence-electron chi connectivity index (χ3n) is 6.05. The molecule has 0 spiro atoms. The van der Waals surface area contributed by atoms with Crippen LogP contribution in [0.1, 0.15) is 76.5 Å². The quantitative estimate of drug-likeness (QED) is 0.540. The van der Waals surface area contributed by atoms with Crippen molar-refractivity contribution in [3.63, 3.8) is 0 Å². The number of carbonyl (C=O) groups is 2. The van der Waals surface area contributed by atoms with Gasteiger partial charge in [0.1, 0.15) is 5.75 Å². The molecule has 0 radical (unpaired) electrons. The number of aromatic nitrogens is 1. The maximum Gasteiger partial charge on any atom is 0.328 e. The number of aliphatic hydroxyl groups is 1. The fourth-order valence-electron chi connectivity index (χ4n) is 4.30. The van der Waals surface area contributed by atoms with Crippen LogP contribution in [0, 0.1) is 13.8 Å². The average molecular weight is 427 g/mol. The van der Waals surface area contributed by atoms with Crippen LogP contribution in [0.25, 0.3) is 0 Å². The zero-order chi connectivity index (χ0) is 22.5. The van der Waals surface area contributed by atoms with Gasteiger partial charge < -0.3 is 20.6 Å². The van der Waals surface area contributed by atoms with Gasteiger partial charge in [-0.05, 0) is 67.6 Å². The molecule has 1 fully saturated rings. The van der Waals surface area contributed by atoms with E-state index in [9.17, 15) is 14.7 Å². The van der Waals surface area contributed by atoms with Gasteiger partial charge in [0.25, 0.3) is 5.91 Å². The molecule has 1 unspecified atom stereocenters. The Morgan fingerprint density at radius 2 is 1.77 bits per heavy atom. The van der Waals surface area contributed by atoms with Crippen molar-refractivity contribution >= 4 is 11.9 Å². The Labute approximate surface area is 182 Å². The lowest BCUT2D eigenvalue weighted by Crippen LogP contribution is -2.43. The first-order valence-corrected chi connectivity index (χ1v) is 10.7. The van der Waals surface area contributed by atoms with Crippen molar-refractivity contribution in [2.24, 2.45) is 0 Å². The molecular weight excluding hydrogens is 396 g/mol. The highest BCUT2D eigenvalue weighted by atomic mass is 16.4. The van der Waals surface area contributed by atoms with Gasteiger partial charge in [-0.1, -0.05) is 19.3 Å². The van der Waals surface area contributed by atoms with Crippen LogP contribution in [-0.4, -0.2) is 44.8 Å². The summed E-state index contributed by atoms with van der Waals surface area (Å²) >= 11 is 0. The van der Waals surface area contributed by atoms with Gasteiger partial charge in [-0.25, -0.2) is 4.79 Å². The average Bonchev–Trinajstić information content (AvgIpc) is 2.75. The smallest absolute Gasteiger partial charge is 0.328 e. The van der Waals surface area contributed by atoms with Crippen LogP contribution in [-0.2, 0) is 11.2 Å². The number of nitrogens with zero attached hydrogens (tertiary/aromatic N) is 1. The maximum atomic E-state index is 12.4. The molecule has 1 heterocycles. The largest absolute Gasteiger partial charge is 0.506 e. The number of aryl methyl sites for hydroxylation is 2. The predicted molar refractivity (Wildman–Crippen MR) is 116 cm³/mol. The number of rotatable bonds is 7. The zero-order valence-corrected chi connectivity index (χ0v) is 18.0. The lowest BCUT2D eigenvalue weighted by Gasteiger charge is -2.22. The van der Waals surface area contributed by atoms with Crippen molar-refractivity contribution in [3.05, 3.63) is 57.9 Å². The first kappa shape index (κ1) is 22.7. The van der Waals surface area contributed by atoms with E-state index in [1.165, 1.54) is 6.42 Å².